The number of hydrogen-bond acceptors (Lipinski definition) is 5. The van der Waals surface area contributed by atoms with E-state index < -0.39 is 10.0 Å². The van der Waals surface area contributed by atoms with Gasteiger partial charge in [0.05, 0.1) is 30.8 Å². The van der Waals surface area contributed by atoms with Crippen LogP contribution in [0.5, 0.6) is 11.5 Å². The fourth-order valence-corrected chi connectivity index (χ4v) is 6.21. The van der Waals surface area contributed by atoms with Crippen molar-refractivity contribution < 1.29 is 22.7 Å². The molecule has 36 heavy (non-hydrogen) atoms. The molecule has 1 N–H and O–H groups in total. The minimum Gasteiger partial charge on any atom is -0.493 e. The summed E-state index contributed by atoms with van der Waals surface area (Å²) >= 11 is 0. The fraction of sp³-hybridized carbons (Fsp3) is 0.321. The molecule has 3 aromatic rings. The lowest BCUT2D eigenvalue weighted by Crippen LogP contribution is -2.42. The summed E-state index contributed by atoms with van der Waals surface area (Å²) in [7, 11) is -1.17. The number of ether oxygens (including phenoxy) is 2. The van der Waals surface area contributed by atoms with Crippen LogP contribution in [0, 0.1) is 13.8 Å². The molecule has 0 spiro atoms. The van der Waals surface area contributed by atoms with Crippen molar-refractivity contribution in [3.8, 4) is 11.5 Å². The normalized spacial score (nSPS) is 15.1. The Bertz CT molecular complexity index is 1350. The summed E-state index contributed by atoms with van der Waals surface area (Å²) in [5, 5.41) is 3.08. The number of benzene rings is 3. The average Bonchev–Trinajstić information content (AvgIpc) is 2.86. The predicted molar refractivity (Wildman–Crippen MR) is 140 cm³/mol. The van der Waals surface area contributed by atoms with Crippen molar-refractivity contribution in [2.24, 2.45) is 0 Å². The van der Waals surface area contributed by atoms with Crippen LogP contribution >= 0.6 is 0 Å². The third kappa shape index (κ3) is 5.33. The van der Waals surface area contributed by atoms with E-state index in [-0.39, 0.29) is 23.4 Å². The maximum Gasteiger partial charge on any atom is 0.264 e. The summed E-state index contributed by atoms with van der Waals surface area (Å²) in [5.41, 5.74) is 4.55. The Labute approximate surface area is 213 Å². The maximum absolute atomic E-state index is 13.9. The number of fused-ring (bicyclic) bond motifs is 1. The van der Waals surface area contributed by atoms with Crippen molar-refractivity contribution in [1.82, 2.24) is 5.32 Å². The highest BCUT2D eigenvalue weighted by Gasteiger charge is 2.30. The van der Waals surface area contributed by atoms with E-state index >= 15 is 0 Å². The van der Waals surface area contributed by atoms with Crippen LogP contribution in [0.3, 0.4) is 0 Å². The van der Waals surface area contributed by atoms with Crippen LogP contribution in [0.1, 0.15) is 41.1 Å². The van der Waals surface area contributed by atoms with E-state index in [1.165, 1.54) is 31.9 Å². The first-order chi connectivity index (χ1) is 17.2. The fourth-order valence-electron chi connectivity index (χ4n) is 4.79. The van der Waals surface area contributed by atoms with E-state index in [4.69, 9.17) is 9.47 Å². The van der Waals surface area contributed by atoms with Crippen molar-refractivity contribution in [1.29, 1.82) is 0 Å². The number of anilines is 1. The standard InChI is InChI=1S/C28H32N2O5S/c1-19-14-20(2)16-22(15-19)30(36(32,33)23-12-13-26(34-3)27(17-23)35-4)18-28(31)29-25-11-7-9-21-8-5-6-10-24(21)25/h5-6,8,10,12-17,25H,7,9,11,18H2,1-4H3,(H,29,31). The highest BCUT2D eigenvalue weighted by atomic mass is 32.2. The molecule has 190 valence electrons. The Morgan fingerprint density at radius 1 is 0.972 bits per heavy atom. The zero-order valence-electron chi connectivity index (χ0n) is 21.1. The number of aryl methyl sites for hydroxylation is 3. The summed E-state index contributed by atoms with van der Waals surface area (Å²) in [6, 6.07) is 17.9. The van der Waals surface area contributed by atoms with Crippen molar-refractivity contribution in [2.45, 2.75) is 44.0 Å². The number of amides is 1. The minimum absolute atomic E-state index is 0.00937. The second-order valence-electron chi connectivity index (χ2n) is 9.09. The Kier molecular flexibility index (Phi) is 7.54. The molecule has 0 saturated heterocycles. The van der Waals surface area contributed by atoms with Gasteiger partial charge < -0.3 is 14.8 Å². The quantitative estimate of drug-likeness (QED) is 0.476. The molecule has 0 aromatic heterocycles. The van der Waals surface area contributed by atoms with Crippen LogP contribution < -0.4 is 19.1 Å². The third-order valence-electron chi connectivity index (χ3n) is 6.43. The summed E-state index contributed by atoms with van der Waals surface area (Å²) < 4.78 is 39.5. The number of sulfonamides is 1. The van der Waals surface area contributed by atoms with Gasteiger partial charge in [-0.15, -0.1) is 0 Å². The highest BCUT2D eigenvalue weighted by Crippen LogP contribution is 2.33. The molecule has 8 heteroatoms. The zero-order chi connectivity index (χ0) is 25.9. The predicted octanol–water partition coefficient (Wildman–Crippen LogP) is 4.71. The molecule has 1 atom stereocenters. The highest BCUT2D eigenvalue weighted by molar-refractivity contribution is 7.92. The molecule has 0 aliphatic heterocycles. The molecule has 0 bridgehead atoms. The second-order valence-corrected chi connectivity index (χ2v) is 10.9. The van der Waals surface area contributed by atoms with Crippen LogP contribution in [0.4, 0.5) is 5.69 Å². The van der Waals surface area contributed by atoms with Crippen molar-refractivity contribution in [2.75, 3.05) is 25.1 Å². The van der Waals surface area contributed by atoms with E-state index in [2.05, 4.69) is 11.4 Å². The van der Waals surface area contributed by atoms with Crippen LogP contribution in [0.2, 0.25) is 0 Å². The molecule has 7 nitrogen and oxygen atoms in total. The van der Waals surface area contributed by atoms with Gasteiger partial charge in [0.15, 0.2) is 11.5 Å². The molecule has 0 heterocycles. The first kappa shape index (κ1) is 25.6. The minimum atomic E-state index is -4.10. The molecule has 4 rings (SSSR count). The summed E-state index contributed by atoms with van der Waals surface area (Å²) in [4.78, 5) is 13.3. The van der Waals surface area contributed by atoms with Crippen molar-refractivity contribution >= 4 is 21.6 Å². The Morgan fingerprint density at radius 2 is 1.67 bits per heavy atom. The number of nitrogens with one attached hydrogen (secondary N) is 1. The second kappa shape index (κ2) is 10.6. The third-order valence-corrected chi connectivity index (χ3v) is 8.20. The van der Waals surface area contributed by atoms with Gasteiger partial charge in [-0.05, 0) is 79.6 Å². The molecule has 1 aliphatic carbocycles. The number of carbonyl (C=O) groups excluding carboxylic acids is 1. The van der Waals surface area contributed by atoms with Crippen LogP contribution in [0.15, 0.2) is 65.6 Å². The summed E-state index contributed by atoms with van der Waals surface area (Å²) in [6.45, 7) is 3.45. The van der Waals surface area contributed by atoms with Gasteiger partial charge in [-0.2, -0.15) is 0 Å². The molecule has 1 amide bonds. The summed E-state index contributed by atoms with van der Waals surface area (Å²) in [5.74, 6) is 0.352. The lowest BCUT2D eigenvalue weighted by Gasteiger charge is -2.29. The van der Waals surface area contributed by atoms with E-state index in [0.717, 1.165) is 40.3 Å². The van der Waals surface area contributed by atoms with Gasteiger partial charge >= 0.3 is 0 Å². The average molecular weight is 509 g/mol. The first-order valence-corrected chi connectivity index (χ1v) is 13.4. The number of rotatable bonds is 8. The molecule has 0 fully saturated rings. The van der Waals surface area contributed by atoms with Crippen molar-refractivity contribution in [3.63, 3.8) is 0 Å². The monoisotopic (exact) mass is 508 g/mol. The molecule has 1 unspecified atom stereocenters. The molecular formula is C28H32N2O5S. The Balaban J connectivity index is 1.69. The SMILES string of the molecule is COc1ccc(S(=O)(=O)N(CC(=O)NC2CCCc3ccccc32)c2cc(C)cc(C)c2)cc1OC. The van der Waals surface area contributed by atoms with Gasteiger partial charge in [0.2, 0.25) is 5.91 Å². The molecule has 0 radical (unpaired) electrons. The number of hydrogen-bond donors (Lipinski definition) is 1. The van der Waals surface area contributed by atoms with E-state index in [0.29, 0.717) is 17.2 Å². The van der Waals surface area contributed by atoms with Gasteiger partial charge in [0.1, 0.15) is 6.54 Å². The topological polar surface area (TPSA) is 84.9 Å². The van der Waals surface area contributed by atoms with Crippen LogP contribution in [0.25, 0.3) is 0 Å². The lowest BCUT2D eigenvalue weighted by molar-refractivity contribution is -0.120. The van der Waals surface area contributed by atoms with Gasteiger partial charge in [-0.1, -0.05) is 30.3 Å². The molecule has 1 aliphatic rings. The largest absolute Gasteiger partial charge is 0.493 e. The molecule has 0 saturated carbocycles. The Hall–Kier alpha value is -3.52. The lowest BCUT2D eigenvalue weighted by atomic mass is 9.88. The maximum atomic E-state index is 13.9. The van der Waals surface area contributed by atoms with E-state index in [1.54, 1.807) is 18.2 Å². The number of methoxy groups -OCH3 is 2. The smallest absolute Gasteiger partial charge is 0.264 e. The van der Waals surface area contributed by atoms with Crippen molar-refractivity contribution in [3.05, 3.63) is 82.9 Å². The van der Waals surface area contributed by atoms with Crippen LogP contribution in [-0.4, -0.2) is 35.1 Å². The first-order valence-electron chi connectivity index (χ1n) is 11.9. The van der Waals surface area contributed by atoms with E-state index in [9.17, 15) is 13.2 Å². The van der Waals surface area contributed by atoms with Crippen LogP contribution in [-0.2, 0) is 21.2 Å². The molecule has 3 aromatic carbocycles. The summed E-state index contributed by atoms with van der Waals surface area (Å²) in [6.07, 6.45) is 2.76. The number of carbonyl (C=O) groups is 1. The molecular weight excluding hydrogens is 476 g/mol. The number of nitrogens with zero attached hydrogens (tertiary/aromatic N) is 1. The Morgan fingerprint density at radius 3 is 2.36 bits per heavy atom. The zero-order valence-corrected chi connectivity index (χ0v) is 21.9. The van der Waals surface area contributed by atoms with Gasteiger partial charge in [-0.25, -0.2) is 8.42 Å². The van der Waals surface area contributed by atoms with Gasteiger partial charge in [-0.3, -0.25) is 9.10 Å². The van der Waals surface area contributed by atoms with Gasteiger partial charge in [0.25, 0.3) is 10.0 Å². The van der Waals surface area contributed by atoms with Gasteiger partial charge in [0, 0.05) is 6.07 Å². The van der Waals surface area contributed by atoms with E-state index in [1.807, 2.05) is 38.1 Å².